The van der Waals surface area contributed by atoms with Gasteiger partial charge in [0.15, 0.2) is 0 Å². The predicted molar refractivity (Wildman–Crippen MR) is 98.7 cm³/mol. The molecule has 0 bridgehead atoms. The van der Waals surface area contributed by atoms with Crippen molar-refractivity contribution in [3.63, 3.8) is 0 Å². The Kier molecular flexibility index (Phi) is 4.10. The van der Waals surface area contributed by atoms with Gasteiger partial charge >= 0.3 is 0 Å². The molecule has 0 aliphatic carbocycles. The molecule has 3 aromatic heterocycles. The highest BCUT2D eigenvalue weighted by molar-refractivity contribution is 7.99. The molecule has 0 saturated heterocycles. The minimum atomic E-state index is -0.122. The SMILES string of the molecule is C[C@H](Sc1nnnn1C)c1nc2scc(-c3ccccc3)c2c(=O)[nH]1. The van der Waals surface area contributed by atoms with Crippen molar-refractivity contribution in [2.45, 2.75) is 17.3 Å². The number of nitrogens with one attached hydrogen (secondary N) is 1. The number of thiophene rings is 1. The first kappa shape index (κ1) is 16.0. The lowest BCUT2D eigenvalue weighted by molar-refractivity contribution is 0.663. The monoisotopic (exact) mass is 370 g/mol. The zero-order valence-electron chi connectivity index (χ0n) is 13.5. The molecular formula is C16H14N6OS2. The molecule has 0 aliphatic heterocycles. The average Bonchev–Trinajstić information content (AvgIpc) is 3.22. The number of benzene rings is 1. The Morgan fingerprint density at radius 3 is 2.80 bits per heavy atom. The summed E-state index contributed by atoms with van der Waals surface area (Å²) in [7, 11) is 1.78. The van der Waals surface area contributed by atoms with Gasteiger partial charge in [0.25, 0.3) is 5.56 Å². The second-order valence-electron chi connectivity index (χ2n) is 5.49. The Bertz CT molecular complexity index is 1080. The van der Waals surface area contributed by atoms with Crippen LogP contribution in [0, 0.1) is 0 Å². The van der Waals surface area contributed by atoms with Crippen LogP contribution in [-0.4, -0.2) is 30.2 Å². The van der Waals surface area contributed by atoms with Gasteiger partial charge in [0.05, 0.1) is 10.6 Å². The van der Waals surface area contributed by atoms with Crippen molar-refractivity contribution in [1.82, 2.24) is 30.2 Å². The molecule has 0 aliphatic rings. The van der Waals surface area contributed by atoms with Crippen molar-refractivity contribution in [2.24, 2.45) is 7.05 Å². The molecule has 3 heterocycles. The van der Waals surface area contributed by atoms with Crippen LogP contribution in [0.3, 0.4) is 0 Å². The number of H-pyrrole nitrogens is 1. The van der Waals surface area contributed by atoms with E-state index in [4.69, 9.17) is 0 Å². The lowest BCUT2D eigenvalue weighted by atomic mass is 10.1. The van der Waals surface area contributed by atoms with Gasteiger partial charge in [-0.1, -0.05) is 42.1 Å². The maximum absolute atomic E-state index is 12.7. The zero-order valence-corrected chi connectivity index (χ0v) is 15.1. The number of thioether (sulfide) groups is 1. The van der Waals surface area contributed by atoms with Crippen LogP contribution in [0.2, 0.25) is 0 Å². The molecule has 1 atom stereocenters. The quantitative estimate of drug-likeness (QED) is 0.556. The van der Waals surface area contributed by atoms with Gasteiger partial charge in [-0.05, 0) is 22.9 Å². The van der Waals surface area contributed by atoms with Crippen LogP contribution in [0.25, 0.3) is 21.3 Å². The fraction of sp³-hybridized carbons (Fsp3) is 0.188. The molecule has 0 spiro atoms. The number of fused-ring (bicyclic) bond motifs is 1. The van der Waals surface area contributed by atoms with E-state index in [0.717, 1.165) is 16.0 Å². The molecule has 4 rings (SSSR count). The number of rotatable bonds is 4. The number of aromatic amines is 1. The molecule has 25 heavy (non-hydrogen) atoms. The topological polar surface area (TPSA) is 89.3 Å². The summed E-state index contributed by atoms with van der Waals surface area (Å²) < 4.78 is 1.59. The summed E-state index contributed by atoms with van der Waals surface area (Å²) in [4.78, 5) is 21.0. The number of aryl methyl sites for hydroxylation is 1. The lowest BCUT2D eigenvalue weighted by Crippen LogP contribution is -2.12. The molecule has 0 saturated carbocycles. The van der Waals surface area contributed by atoms with E-state index in [1.54, 1.807) is 11.7 Å². The van der Waals surface area contributed by atoms with E-state index in [1.807, 2.05) is 42.6 Å². The van der Waals surface area contributed by atoms with E-state index in [0.29, 0.717) is 16.4 Å². The number of nitrogens with zero attached hydrogens (tertiary/aromatic N) is 5. The Morgan fingerprint density at radius 1 is 1.28 bits per heavy atom. The van der Waals surface area contributed by atoms with Gasteiger partial charge in [0.1, 0.15) is 10.7 Å². The first-order chi connectivity index (χ1) is 12.1. The Morgan fingerprint density at radius 2 is 2.08 bits per heavy atom. The van der Waals surface area contributed by atoms with Gasteiger partial charge in [-0.3, -0.25) is 4.79 Å². The Labute approximate surface area is 151 Å². The summed E-state index contributed by atoms with van der Waals surface area (Å²) in [5.41, 5.74) is 1.81. The third kappa shape index (κ3) is 2.96. The van der Waals surface area contributed by atoms with Crippen molar-refractivity contribution in [1.29, 1.82) is 0 Å². The van der Waals surface area contributed by atoms with Gasteiger partial charge in [0, 0.05) is 18.0 Å². The van der Waals surface area contributed by atoms with Crippen molar-refractivity contribution in [3.05, 3.63) is 51.9 Å². The van der Waals surface area contributed by atoms with Gasteiger partial charge in [-0.15, -0.1) is 16.4 Å². The molecule has 4 aromatic rings. The van der Waals surface area contributed by atoms with Gasteiger partial charge < -0.3 is 4.98 Å². The average molecular weight is 370 g/mol. The summed E-state index contributed by atoms with van der Waals surface area (Å²) in [5, 5.41) is 14.6. The third-order valence-corrected chi connectivity index (χ3v) is 5.80. The first-order valence-corrected chi connectivity index (χ1v) is 9.35. The molecule has 9 heteroatoms. The van der Waals surface area contributed by atoms with E-state index in [9.17, 15) is 4.79 Å². The van der Waals surface area contributed by atoms with E-state index < -0.39 is 0 Å². The first-order valence-electron chi connectivity index (χ1n) is 7.59. The second kappa shape index (κ2) is 6.41. The summed E-state index contributed by atoms with van der Waals surface area (Å²) in [5.74, 6) is 0.618. The van der Waals surface area contributed by atoms with Crippen LogP contribution in [0.4, 0.5) is 0 Å². The fourth-order valence-corrected chi connectivity index (χ4v) is 4.29. The standard InChI is InChI=1S/C16H14N6OS2/c1-9(25-16-19-20-21-22(16)2)13-17-14(23)12-11(8-24-15(12)18-13)10-6-4-3-5-7-10/h3-9H,1-2H3,(H,17,18,23)/t9-/m0/s1. The molecule has 0 radical (unpaired) electrons. The fourth-order valence-electron chi connectivity index (χ4n) is 2.52. The van der Waals surface area contributed by atoms with Crippen LogP contribution in [0.1, 0.15) is 18.0 Å². The number of aromatic nitrogens is 6. The minimum Gasteiger partial charge on any atom is -0.309 e. The highest BCUT2D eigenvalue weighted by atomic mass is 32.2. The highest BCUT2D eigenvalue weighted by Crippen LogP contribution is 2.34. The number of hydrogen-bond acceptors (Lipinski definition) is 7. The van der Waals surface area contributed by atoms with Crippen molar-refractivity contribution >= 4 is 33.3 Å². The summed E-state index contributed by atoms with van der Waals surface area (Å²) >= 11 is 2.93. The van der Waals surface area contributed by atoms with Crippen LogP contribution < -0.4 is 5.56 Å². The van der Waals surface area contributed by atoms with Crippen molar-refractivity contribution in [2.75, 3.05) is 0 Å². The maximum atomic E-state index is 12.7. The second-order valence-corrected chi connectivity index (χ2v) is 7.66. The maximum Gasteiger partial charge on any atom is 0.260 e. The summed E-state index contributed by atoms with van der Waals surface area (Å²) in [6, 6.07) is 9.87. The normalized spacial score (nSPS) is 12.6. The smallest absolute Gasteiger partial charge is 0.260 e. The van der Waals surface area contributed by atoms with E-state index in [1.165, 1.54) is 23.1 Å². The van der Waals surface area contributed by atoms with E-state index in [-0.39, 0.29) is 10.8 Å². The largest absolute Gasteiger partial charge is 0.309 e. The zero-order chi connectivity index (χ0) is 17.4. The van der Waals surface area contributed by atoms with Crippen LogP contribution in [0.15, 0.2) is 45.7 Å². The molecule has 7 nitrogen and oxygen atoms in total. The molecule has 1 aromatic carbocycles. The molecule has 0 amide bonds. The molecule has 0 unspecified atom stereocenters. The number of hydrogen-bond donors (Lipinski definition) is 1. The van der Waals surface area contributed by atoms with Crippen molar-refractivity contribution in [3.8, 4) is 11.1 Å². The molecule has 0 fully saturated rings. The lowest BCUT2D eigenvalue weighted by Gasteiger charge is -2.09. The predicted octanol–water partition coefficient (Wildman–Crippen LogP) is 3.03. The van der Waals surface area contributed by atoms with Gasteiger partial charge in [-0.2, -0.15) is 0 Å². The molecule has 1 N–H and O–H groups in total. The number of tetrazole rings is 1. The van der Waals surface area contributed by atoms with Crippen LogP contribution in [-0.2, 0) is 7.05 Å². The Hall–Kier alpha value is -2.52. The van der Waals surface area contributed by atoms with Crippen LogP contribution >= 0.6 is 23.1 Å². The summed E-state index contributed by atoms with van der Waals surface area (Å²) in [6.45, 7) is 1.97. The molecule has 126 valence electrons. The van der Waals surface area contributed by atoms with E-state index in [2.05, 4.69) is 25.5 Å². The van der Waals surface area contributed by atoms with Gasteiger partial charge in [-0.25, -0.2) is 9.67 Å². The minimum absolute atomic E-state index is 0.0796. The summed E-state index contributed by atoms with van der Waals surface area (Å²) in [6.07, 6.45) is 0. The Balaban J connectivity index is 1.74. The third-order valence-electron chi connectivity index (χ3n) is 3.80. The van der Waals surface area contributed by atoms with E-state index >= 15 is 0 Å². The highest BCUT2D eigenvalue weighted by Gasteiger charge is 2.18. The van der Waals surface area contributed by atoms with Crippen molar-refractivity contribution < 1.29 is 0 Å². The van der Waals surface area contributed by atoms with Gasteiger partial charge in [0.2, 0.25) is 5.16 Å². The van der Waals surface area contributed by atoms with Crippen LogP contribution in [0.5, 0.6) is 0 Å². The molecular weight excluding hydrogens is 356 g/mol.